The summed E-state index contributed by atoms with van der Waals surface area (Å²) in [6.45, 7) is 0. The molecule has 0 atom stereocenters. The van der Waals surface area contributed by atoms with Crippen LogP contribution < -0.4 is 20.7 Å². The van der Waals surface area contributed by atoms with Crippen LogP contribution in [-0.2, 0) is 0 Å². The minimum atomic E-state index is -2.68. The summed E-state index contributed by atoms with van der Waals surface area (Å²) in [6.07, 6.45) is 0. The van der Waals surface area contributed by atoms with Gasteiger partial charge in [-0.05, 0) is 92.0 Å². The van der Waals surface area contributed by atoms with E-state index < -0.39 is 8.07 Å². The fourth-order valence-electron chi connectivity index (χ4n) is 10.3. The molecule has 0 bridgehead atoms. The zero-order valence-corrected chi connectivity index (χ0v) is 35.6. The summed E-state index contributed by atoms with van der Waals surface area (Å²) in [4.78, 5) is 0. The largest absolute Gasteiger partial charge is 0.309 e. The van der Waals surface area contributed by atoms with Crippen LogP contribution in [0, 0.1) is 0 Å². The van der Waals surface area contributed by atoms with Gasteiger partial charge < -0.3 is 9.13 Å². The smallest absolute Gasteiger partial charge is 0.179 e. The molecule has 63 heavy (non-hydrogen) atoms. The first-order valence-electron chi connectivity index (χ1n) is 21.8. The molecule has 0 amide bonds. The molecule has 0 saturated carbocycles. The maximum absolute atomic E-state index is 2.68. The first-order valence-corrected chi connectivity index (χ1v) is 23.8. The maximum atomic E-state index is 2.46. The van der Waals surface area contributed by atoms with Gasteiger partial charge in [-0.25, -0.2) is 0 Å². The molecule has 12 aromatic rings. The second kappa shape index (κ2) is 15.2. The highest BCUT2D eigenvalue weighted by Gasteiger charge is 2.41. The van der Waals surface area contributed by atoms with Gasteiger partial charge in [0.05, 0.1) is 22.1 Å². The summed E-state index contributed by atoms with van der Waals surface area (Å²) in [5.74, 6) is 0. The van der Waals surface area contributed by atoms with E-state index in [1.807, 2.05) is 0 Å². The Hall–Kier alpha value is -7.98. The zero-order chi connectivity index (χ0) is 41.7. The van der Waals surface area contributed by atoms with Gasteiger partial charge in [-0.3, -0.25) is 0 Å². The number of hydrogen-bond acceptors (Lipinski definition) is 0. The molecule has 2 heterocycles. The fraction of sp³-hybridized carbons (Fsp3) is 0. The Morgan fingerprint density at radius 1 is 0.254 bits per heavy atom. The van der Waals surface area contributed by atoms with Gasteiger partial charge in [-0.1, -0.05) is 200 Å². The SMILES string of the molecule is c1ccc(-c2ccc3c(c2)c2cc(-c4cccc5c6ccccc6n(-c6ccccc6)c45)ccc2n3-c2ccc([Si](c3ccccc3)(c3ccccc3)c3ccccc3)cc2)cc1. The van der Waals surface area contributed by atoms with Gasteiger partial charge in [0.2, 0.25) is 0 Å². The van der Waals surface area contributed by atoms with Crippen molar-refractivity contribution in [2.24, 2.45) is 0 Å². The van der Waals surface area contributed by atoms with Crippen molar-refractivity contribution in [2.45, 2.75) is 0 Å². The van der Waals surface area contributed by atoms with E-state index >= 15 is 0 Å². The third-order valence-corrected chi connectivity index (χ3v) is 17.9. The Balaban J connectivity index is 1.09. The van der Waals surface area contributed by atoms with Crippen LogP contribution in [0.4, 0.5) is 0 Å². The molecule has 12 rings (SSSR count). The highest BCUT2D eigenvalue weighted by Crippen LogP contribution is 2.41. The molecule has 0 saturated heterocycles. The zero-order valence-electron chi connectivity index (χ0n) is 34.6. The van der Waals surface area contributed by atoms with Crippen molar-refractivity contribution < 1.29 is 0 Å². The third-order valence-electron chi connectivity index (χ3n) is 13.1. The standard InChI is InChI=1S/C60H42N2Si/c1-6-19-43(20-7-1)44-33-39-58-55(41-44)56-42-45(52-30-18-31-54-53-29-16-17-32-57(53)62(60(52)54)46-21-8-2-9-22-46)34-40-59(56)61(58)47-35-37-51(38-36-47)63(48-23-10-3-11-24-48,49-25-12-4-13-26-49)50-27-14-5-15-28-50/h1-42H. The lowest BCUT2D eigenvalue weighted by Crippen LogP contribution is -2.74. The van der Waals surface area contributed by atoms with Gasteiger partial charge in [0.15, 0.2) is 8.07 Å². The number of nitrogens with zero attached hydrogens (tertiary/aromatic N) is 2. The Bertz CT molecular complexity index is 3480. The van der Waals surface area contributed by atoms with E-state index in [-0.39, 0.29) is 0 Å². The van der Waals surface area contributed by atoms with Crippen molar-refractivity contribution in [1.82, 2.24) is 9.13 Å². The van der Waals surface area contributed by atoms with E-state index in [4.69, 9.17) is 0 Å². The molecular formula is C60H42N2Si. The van der Waals surface area contributed by atoms with Crippen molar-refractivity contribution in [3.05, 3.63) is 255 Å². The normalized spacial score (nSPS) is 11.8. The molecule has 2 aromatic heterocycles. The summed E-state index contributed by atoms with van der Waals surface area (Å²) >= 11 is 0. The lowest BCUT2D eigenvalue weighted by atomic mass is 9.98. The van der Waals surface area contributed by atoms with E-state index in [1.54, 1.807) is 0 Å². The number of rotatable bonds is 8. The van der Waals surface area contributed by atoms with Crippen LogP contribution in [0.15, 0.2) is 255 Å². The van der Waals surface area contributed by atoms with E-state index in [1.165, 1.54) is 86.6 Å². The first-order chi connectivity index (χ1) is 31.3. The third kappa shape index (κ3) is 5.93. The predicted octanol–water partition coefficient (Wildman–Crippen LogP) is 12.6. The van der Waals surface area contributed by atoms with Gasteiger partial charge in [0.1, 0.15) is 0 Å². The molecule has 296 valence electrons. The van der Waals surface area contributed by atoms with E-state index in [9.17, 15) is 0 Å². The van der Waals surface area contributed by atoms with Gasteiger partial charge in [-0.2, -0.15) is 0 Å². The molecule has 0 aliphatic rings. The van der Waals surface area contributed by atoms with Gasteiger partial charge in [-0.15, -0.1) is 0 Å². The van der Waals surface area contributed by atoms with Crippen molar-refractivity contribution in [1.29, 1.82) is 0 Å². The van der Waals surface area contributed by atoms with Gasteiger partial charge in [0.25, 0.3) is 0 Å². The lowest BCUT2D eigenvalue weighted by molar-refractivity contribution is 1.18. The summed E-state index contributed by atoms with van der Waals surface area (Å²) in [7, 11) is -2.68. The second-order valence-corrected chi connectivity index (χ2v) is 20.3. The van der Waals surface area contributed by atoms with Crippen molar-refractivity contribution in [2.75, 3.05) is 0 Å². The number of hydrogen-bond donors (Lipinski definition) is 0. The molecule has 0 aliphatic carbocycles. The summed E-state index contributed by atoms with van der Waals surface area (Å²) < 4.78 is 4.90. The Morgan fingerprint density at radius 2 is 0.698 bits per heavy atom. The lowest BCUT2D eigenvalue weighted by Gasteiger charge is -2.34. The molecule has 0 radical (unpaired) electrons. The van der Waals surface area contributed by atoms with E-state index in [0.717, 1.165) is 11.4 Å². The Kier molecular flexibility index (Phi) is 8.87. The number of para-hydroxylation sites is 3. The molecule has 0 N–H and O–H groups in total. The molecule has 2 nitrogen and oxygen atoms in total. The molecule has 0 fully saturated rings. The van der Waals surface area contributed by atoms with Crippen LogP contribution in [0.3, 0.4) is 0 Å². The molecule has 0 aliphatic heterocycles. The van der Waals surface area contributed by atoms with Crippen molar-refractivity contribution in [3.63, 3.8) is 0 Å². The van der Waals surface area contributed by atoms with Crippen molar-refractivity contribution >= 4 is 72.4 Å². The first kappa shape index (κ1) is 36.8. The molecular weight excluding hydrogens is 777 g/mol. The average Bonchev–Trinajstić information content (AvgIpc) is 3.88. The van der Waals surface area contributed by atoms with Crippen LogP contribution >= 0.6 is 0 Å². The molecule has 3 heteroatoms. The number of benzene rings is 10. The summed E-state index contributed by atoms with van der Waals surface area (Å²) in [5.41, 5.74) is 11.9. The number of aromatic nitrogens is 2. The maximum Gasteiger partial charge on any atom is 0.179 e. The van der Waals surface area contributed by atoms with Crippen LogP contribution in [0.25, 0.3) is 77.2 Å². The second-order valence-electron chi connectivity index (χ2n) is 16.5. The Labute approximate surface area is 368 Å². The van der Waals surface area contributed by atoms with Gasteiger partial charge in [0, 0.05) is 38.5 Å². The van der Waals surface area contributed by atoms with Crippen molar-refractivity contribution in [3.8, 4) is 33.6 Å². The molecule has 0 spiro atoms. The minimum Gasteiger partial charge on any atom is -0.309 e. The summed E-state index contributed by atoms with van der Waals surface area (Å²) in [5, 5.41) is 10.4. The van der Waals surface area contributed by atoms with E-state index in [0.29, 0.717) is 0 Å². The van der Waals surface area contributed by atoms with E-state index in [2.05, 4.69) is 264 Å². The fourth-order valence-corrected chi connectivity index (χ4v) is 15.0. The highest BCUT2D eigenvalue weighted by atomic mass is 28.3. The van der Waals surface area contributed by atoms with Crippen LogP contribution in [0.2, 0.25) is 0 Å². The average molecular weight is 819 g/mol. The Morgan fingerprint density at radius 3 is 1.30 bits per heavy atom. The molecule has 0 unspecified atom stereocenters. The topological polar surface area (TPSA) is 9.86 Å². The highest BCUT2D eigenvalue weighted by molar-refractivity contribution is 7.19. The van der Waals surface area contributed by atoms with Gasteiger partial charge >= 0.3 is 0 Å². The minimum absolute atomic E-state index is 1.14. The molecule has 10 aromatic carbocycles. The monoisotopic (exact) mass is 818 g/mol. The summed E-state index contributed by atoms with van der Waals surface area (Å²) in [6, 6.07) is 94.1. The van der Waals surface area contributed by atoms with Crippen LogP contribution in [-0.4, -0.2) is 17.2 Å². The van der Waals surface area contributed by atoms with Crippen LogP contribution in [0.5, 0.6) is 0 Å². The number of fused-ring (bicyclic) bond motifs is 6. The quantitative estimate of drug-likeness (QED) is 0.107. The predicted molar refractivity (Wildman–Crippen MR) is 270 cm³/mol. The van der Waals surface area contributed by atoms with Crippen LogP contribution in [0.1, 0.15) is 0 Å².